The van der Waals surface area contributed by atoms with Gasteiger partial charge in [0.05, 0.1) is 50.1 Å². The van der Waals surface area contributed by atoms with Crippen LogP contribution in [0.1, 0.15) is 65.9 Å². The number of carbonyl (C=O) groups excluding carboxylic acids is 4. The third kappa shape index (κ3) is 8.92. The summed E-state index contributed by atoms with van der Waals surface area (Å²) in [6.07, 6.45) is 8.02. The van der Waals surface area contributed by atoms with Crippen molar-refractivity contribution in [3.63, 3.8) is 0 Å². The fourth-order valence-electron chi connectivity index (χ4n) is 8.99. The number of rotatable bonds is 13. The van der Waals surface area contributed by atoms with Crippen LogP contribution in [0.3, 0.4) is 0 Å². The number of nitrogens with zero attached hydrogens (tertiary/aromatic N) is 6. The molecule has 0 radical (unpaired) electrons. The summed E-state index contributed by atoms with van der Waals surface area (Å²) >= 11 is 0. The van der Waals surface area contributed by atoms with Crippen LogP contribution in [0.4, 0.5) is 5.95 Å². The number of hydrogen-bond donors (Lipinski definition) is 7. The molecule has 316 valence electrons. The Morgan fingerprint density at radius 3 is 2.25 bits per heavy atom. The zero-order valence-electron chi connectivity index (χ0n) is 33.9. The topological polar surface area (TPSA) is 277 Å². The molecule has 59 heavy (non-hydrogen) atoms. The first-order chi connectivity index (χ1) is 28.1. The number of guanidine groups is 2. The van der Waals surface area contributed by atoms with Crippen LogP contribution in [0, 0.1) is 22.7 Å². The highest BCUT2D eigenvalue weighted by Crippen LogP contribution is 2.62. The van der Waals surface area contributed by atoms with Crippen molar-refractivity contribution in [2.75, 3.05) is 32.0 Å². The molecular weight excluding hydrogens is 763 g/mol. The lowest BCUT2D eigenvalue weighted by atomic mass is 9.45. The van der Waals surface area contributed by atoms with Crippen molar-refractivity contribution in [1.82, 2.24) is 31.2 Å². The molecule has 2 fully saturated rings. The molecule has 1 aromatic rings. The Hall–Kier alpha value is -5.50. The van der Waals surface area contributed by atoms with Crippen molar-refractivity contribution < 1.29 is 38.9 Å². The minimum absolute atomic E-state index is 0.0281. The molecule has 0 spiro atoms. The zero-order chi connectivity index (χ0) is 42.6. The molecule has 9 atom stereocenters. The van der Waals surface area contributed by atoms with Gasteiger partial charge in [0.15, 0.2) is 0 Å². The summed E-state index contributed by atoms with van der Waals surface area (Å²) in [4.78, 5) is 78.8. The molecule has 3 aliphatic heterocycles. The maximum absolute atomic E-state index is 14.1. The SMILES string of the molecule is C=C1C(NC(C)C(=O)NC2=NCC=N2)CC2[C@](C)(CC[C@@H](O)[C@@]2(C)CO)C1CC(NC(C)C(=O)NC1=NCC=N1)C1=C/C(=C(/C(=O)OCC)c2cnc(N)nc2)OC1=O. The second-order valence-corrected chi connectivity index (χ2v) is 16.0. The van der Waals surface area contributed by atoms with Crippen molar-refractivity contribution in [3.8, 4) is 0 Å². The van der Waals surface area contributed by atoms with E-state index < -0.39 is 64.9 Å². The first-order valence-corrected chi connectivity index (χ1v) is 19.8. The fourth-order valence-corrected chi connectivity index (χ4v) is 8.99. The van der Waals surface area contributed by atoms with Gasteiger partial charge in [0.25, 0.3) is 0 Å². The Bertz CT molecular complexity index is 2050. The number of nitrogen functional groups attached to an aromatic ring is 1. The van der Waals surface area contributed by atoms with Crippen molar-refractivity contribution in [2.45, 2.75) is 90.6 Å². The van der Waals surface area contributed by atoms with E-state index in [1.807, 2.05) is 6.92 Å². The van der Waals surface area contributed by atoms with Gasteiger partial charge in [0.2, 0.25) is 29.7 Å². The third-order valence-electron chi connectivity index (χ3n) is 12.3. The molecule has 0 bridgehead atoms. The van der Waals surface area contributed by atoms with E-state index in [-0.39, 0.29) is 71.8 Å². The number of aliphatic hydroxyl groups excluding tert-OH is 2. The van der Waals surface area contributed by atoms with Gasteiger partial charge in [-0.15, -0.1) is 0 Å². The lowest BCUT2D eigenvalue weighted by Crippen LogP contribution is -2.63. The maximum Gasteiger partial charge on any atom is 0.342 e. The summed E-state index contributed by atoms with van der Waals surface area (Å²) in [6.45, 7) is 14.0. The summed E-state index contributed by atoms with van der Waals surface area (Å²) in [5.41, 5.74) is 5.15. The van der Waals surface area contributed by atoms with Crippen LogP contribution in [0.2, 0.25) is 0 Å². The highest BCUT2D eigenvalue weighted by Gasteiger charge is 2.60. The van der Waals surface area contributed by atoms with E-state index in [1.165, 1.54) is 18.5 Å². The van der Waals surface area contributed by atoms with Crippen LogP contribution in [0.15, 0.2) is 61.9 Å². The summed E-state index contributed by atoms with van der Waals surface area (Å²) in [7, 11) is 0. The lowest BCUT2D eigenvalue weighted by Gasteiger charge is -2.62. The molecule has 6 unspecified atom stereocenters. The number of nitrogens with one attached hydrogen (secondary N) is 4. The minimum Gasteiger partial charge on any atom is -0.462 e. The summed E-state index contributed by atoms with van der Waals surface area (Å²) < 4.78 is 11.1. The number of hydrogen-bond acceptors (Lipinski definition) is 17. The average Bonchev–Trinajstić information content (AvgIpc) is 4.00. The van der Waals surface area contributed by atoms with Gasteiger partial charge in [0, 0.05) is 47.9 Å². The van der Waals surface area contributed by atoms with Gasteiger partial charge < -0.3 is 25.4 Å². The number of aliphatic imine (C=N–C) groups is 4. The molecule has 2 amide bonds. The van der Waals surface area contributed by atoms with Gasteiger partial charge in [-0.25, -0.2) is 39.5 Å². The molecule has 6 rings (SSSR count). The van der Waals surface area contributed by atoms with Crippen LogP contribution in [0.5, 0.6) is 0 Å². The molecule has 2 aliphatic carbocycles. The molecule has 2 saturated carbocycles. The highest BCUT2D eigenvalue weighted by atomic mass is 16.6. The predicted octanol–water partition coefficient (Wildman–Crippen LogP) is 0.365. The van der Waals surface area contributed by atoms with E-state index in [9.17, 15) is 29.4 Å². The van der Waals surface area contributed by atoms with Crippen molar-refractivity contribution in [3.05, 3.63) is 47.5 Å². The van der Waals surface area contributed by atoms with E-state index in [2.05, 4.69) is 64.7 Å². The molecule has 1 aromatic heterocycles. The molecule has 19 nitrogen and oxygen atoms in total. The second-order valence-electron chi connectivity index (χ2n) is 16.0. The van der Waals surface area contributed by atoms with Crippen molar-refractivity contribution >= 4 is 59.6 Å². The third-order valence-corrected chi connectivity index (χ3v) is 12.3. The highest BCUT2D eigenvalue weighted by molar-refractivity contribution is 6.18. The monoisotopic (exact) mass is 815 g/mol. The number of amides is 2. The lowest BCUT2D eigenvalue weighted by molar-refractivity contribution is -0.156. The number of aromatic nitrogens is 2. The number of ether oxygens (including phenoxy) is 2. The summed E-state index contributed by atoms with van der Waals surface area (Å²) in [5, 5.41) is 34.5. The number of esters is 2. The predicted molar refractivity (Wildman–Crippen MR) is 219 cm³/mol. The number of fused-ring (bicyclic) bond motifs is 1. The summed E-state index contributed by atoms with van der Waals surface area (Å²) in [6, 6.07) is -3.02. The molecule has 0 aromatic carbocycles. The number of allylic oxidation sites excluding steroid dienone is 1. The van der Waals surface area contributed by atoms with Crippen LogP contribution >= 0.6 is 0 Å². The molecule has 8 N–H and O–H groups in total. The van der Waals surface area contributed by atoms with E-state index in [1.54, 1.807) is 33.2 Å². The van der Waals surface area contributed by atoms with Gasteiger partial charge in [-0.05, 0) is 69.8 Å². The standard InChI is InChI=1S/C40H53N11O8/c1-7-58-35(57)31(23-17-46-36(41)47-18-23)28-14-24(34(56)59-28)27(49-22(4)33(55)51-38-44-12-13-45-38)15-25-20(2)26(48-21(3)32(54)50-37-42-10-11-43-37)16-29-39(25,5)9-8-30(53)40(29,6)19-52/h10,12,14,17-18,21-22,25-27,29-30,48-49,52-53H,2,7-9,11,13,15-16,19H2,1,3-6H3,(H2,41,46,47)(H,43,50,54)(H,45,51,55)/b31-28-/t21?,22?,25?,26?,27?,29?,30-,39-,40+/m1/s1. The number of nitrogens with two attached hydrogens (primary N) is 1. The minimum atomic E-state index is -0.930. The van der Waals surface area contributed by atoms with Crippen molar-refractivity contribution in [2.24, 2.45) is 42.6 Å². The largest absolute Gasteiger partial charge is 0.462 e. The quantitative estimate of drug-likeness (QED) is 0.0806. The van der Waals surface area contributed by atoms with Gasteiger partial charge >= 0.3 is 11.9 Å². The van der Waals surface area contributed by atoms with E-state index in [4.69, 9.17) is 15.2 Å². The van der Waals surface area contributed by atoms with E-state index in [0.29, 0.717) is 32.4 Å². The summed E-state index contributed by atoms with van der Waals surface area (Å²) in [5.74, 6) is -2.84. The van der Waals surface area contributed by atoms with Crippen LogP contribution in [0.25, 0.3) is 5.57 Å². The first-order valence-electron chi connectivity index (χ1n) is 19.8. The van der Waals surface area contributed by atoms with E-state index in [0.717, 1.165) is 5.57 Å². The first kappa shape index (κ1) is 43.1. The van der Waals surface area contributed by atoms with E-state index >= 15 is 0 Å². The Balaban J connectivity index is 1.41. The Morgan fingerprint density at radius 2 is 1.68 bits per heavy atom. The van der Waals surface area contributed by atoms with Gasteiger partial charge in [0.1, 0.15) is 11.3 Å². The van der Waals surface area contributed by atoms with Crippen LogP contribution in [-0.2, 0) is 28.7 Å². The Labute approximate surface area is 341 Å². The molecule has 19 heteroatoms. The molecule has 5 aliphatic rings. The fraction of sp³-hybridized carbons (Fsp3) is 0.550. The Morgan fingerprint density at radius 1 is 1.05 bits per heavy atom. The number of anilines is 1. The van der Waals surface area contributed by atoms with Gasteiger partial charge in [-0.3, -0.25) is 30.9 Å². The van der Waals surface area contributed by atoms with Crippen LogP contribution < -0.4 is 27.0 Å². The zero-order valence-corrected chi connectivity index (χ0v) is 33.9. The molecule has 4 heterocycles. The smallest absolute Gasteiger partial charge is 0.342 e. The maximum atomic E-state index is 14.1. The number of cyclic esters (lactones) is 1. The van der Waals surface area contributed by atoms with Crippen molar-refractivity contribution in [1.29, 1.82) is 0 Å². The molecular formula is C40H53N11O8. The number of aliphatic hydroxyl groups is 2. The number of carbonyl (C=O) groups is 4. The van der Waals surface area contributed by atoms with Gasteiger partial charge in [-0.1, -0.05) is 26.0 Å². The van der Waals surface area contributed by atoms with Gasteiger partial charge in [-0.2, -0.15) is 0 Å². The normalized spacial score (nSPS) is 29.7. The average molecular weight is 816 g/mol. The molecule has 0 saturated heterocycles. The van der Waals surface area contributed by atoms with Crippen LogP contribution in [-0.4, -0.2) is 125 Å². The second kappa shape index (κ2) is 17.8. The Kier molecular flexibility index (Phi) is 13.0.